The van der Waals surface area contributed by atoms with E-state index in [0.29, 0.717) is 22.6 Å². The number of carbonyl (C=O) groups excluding carboxylic acids is 2. The summed E-state index contributed by atoms with van der Waals surface area (Å²) >= 11 is 0. The number of carbonyl (C=O) groups is 2. The predicted molar refractivity (Wildman–Crippen MR) is 105 cm³/mol. The second-order valence-corrected chi connectivity index (χ2v) is 6.41. The van der Waals surface area contributed by atoms with Gasteiger partial charge in [0, 0.05) is 17.7 Å². The number of aliphatic hydroxyl groups is 1. The summed E-state index contributed by atoms with van der Waals surface area (Å²) < 4.78 is 31.8. The van der Waals surface area contributed by atoms with E-state index in [9.17, 15) is 23.5 Å². The maximum atomic E-state index is 13.2. The SMILES string of the molecule is NC(=O)c1ccc(Oc2ccc(C(=O)NCC(O)c3ccc(F)c(F)c3)cc2)cc1. The van der Waals surface area contributed by atoms with Gasteiger partial charge in [-0.15, -0.1) is 0 Å². The molecule has 2 amide bonds. The molecule has 0 fully saturated rings. The highest BCUT2D eigenvalue weighted by Crippen LogP contribution is 2.22. The van der Waals surface area contributed by atoms with Crippen LogP contribution in [0.1, 0.15) is 32.4 Å². The molecule has 3 rings (SSSR count). The minimum absolute atomic E-state index is 0.153. The number of primary amides is 1. The van der Waals surface area contributed by atoms with Gasteiger partial charge in [0.05, 0.1) is 6.10 Å². The molecule has 6 nitrogen and oxygen atoms in total. The van der Waals surface area contributed by atoms with Crippen LogP contribution in [0.15, 0.2) is 66.7 Å². The van der Waals surface area contributed by atoms with Crippen LogP contribution < -0.4 is 15.8 Å². The number of ether oxygens (including phenoxy) is 1. The van der Waals surface area contributed by atoms with Gasteiger partial charge in [0.2, 0.25) is 5.91 Å². The van der Waals surface area contributed by atoms with E-state index in [0.717, 1.165) is 12.1 Å². The third kappa shape index (κ3) is 5.18. The second kappa shape index (κ2) is 9.15. The maximum Gasteiger partial charge on any atom is 0.251 e. The number of amides is 2. The number of rotatable bonds is 7. The molecule has 8 heteroatoms. The number of nitrogens with two attached hydrogens (primary N) is 1. The van der Waals surface area contributed by atoms with E-state index < -0.39 is 29.6 Å². The summed E-state index contributed by atoms with van der Waals surface area (Å²) in [6.45, 7) is -0.172. The Morgan fingerprint density at radius 1 is 0.900 bits per heavy atom. The first kappa shape index (κ1) is 20.9. The van der Waals surface area contributed by atoms with Crippen LogP contribution in [-0.4, -0.2) is 23.5 Å². The topological polar surface area (TPSA) is 102 Å². The van der Waals surface area contributed by atoms with Crippen LogP contribution >= 0.6 is 0 Å². The lowest BCUT2D eigenvalue weighted by Crippen LogP contribution is -2.28. The molecule has 154 valence electrons. The summed E-state index contributed by atoms with van der Waals surface area (Å²) in [4.78, 5) is 23.3. The van der Waals surface area contributed by atoms with Crippen molar-refractivity contribution in [1.82, 2.24) is 5.32 Å². The smallest absolute Gasteiger partial charge is 0.251 e. The first-order valence-electron chi connectivity index (χ1n) is 8.92. The number of nitrogens with one attached hydrogen (secondary N) is 1. The fourth-order valence-corrected chi connectivity index (χ4v) is 2.63. The summed E-state index contributed by atoms with van der Waals surface area (Å²) in [5.74, 6) is -2.11. The Morgan fingerprint density at radius 3 is 2.00 bits per heavy atom. The molecule has 0 aliphatic heterocycles. The largest absolute Gasteiger partial charge is 0.457 e. The molecule has 0 aliphatic carbocycles. The van der Waals surface area contributed by atoms with Gasteiger partial charge in [-0.3, -0.25) is 9.59 Å². The van der Waals surface area contributed by atoms with Gasteiger partial charge in [-0.1, -0.05) is 6.07 Å². The Morgan fingerprint density at radius 2 is 1.47 bits per heavy atom. The van der Waals surface area contributed by atoms with Crippen LogP contribution in [0.2, 0.25) is 0 Å². The van der Waals surface area contributed by atoms with Gasteiger partial charge in [0.1, 0.15) is 11.5 Å². The summed E-state index contributed by atoms with van der Waals surface area (Å²) in [5.41, 5.74) is 6.02. The lowest BCUT2D eigenvalue weighted by Gasteiger charge is -2.13. The van der Waals surface area contributed by atoms with E-state index >= 15 is 0 Å². The maximum absolute atomic E-state index is 13.2. The van der Waals surface area contributed by atoms with Crippen molar-refractivity contribution < 1.29 is 28.2 Å². The van der Waals surface area contributed by atoms with Crippen LogP contribution in [0.3, 0.4) is 0 Å². The average molecular weight is 412 g/mol. The highest BCUT2D eigenvalue weighted by atomic mass is 19.2. The zero-order valence-corrected chi connectivity index (χ0v) is 15.6. The van der Waals surface area contributed by atoms with Crippen molar-refractivity contribution in [2.45, 2.75) is 6.10 Å². The van der Waals surface area contributed by atoms with Crippen LogP contribution in [0.25, 0.3) is 0 Å². The van der Waals surface area contributed by atoms with Gasteiger partial charge in [-0.25, -0.2) is 8.78 Å². The Labute approximate surface area is 170 Å². The van der Waals surface area contributed by atoms with Gasteiger partial charge in [0.25, 0.3) is 5.91 Å². The zero-order valence-electron chi connectivity index (χ0n) is 15.6. The van der Waals surface area contributed by atoms with Crippen LogP contribution in [-0.2, 0) is 0 Å². The van der Waals surface area contributed by atoms with E-state index in [2.05, 4.69) is 5.32 Å². The second-order valence-electron chi connectivity index (χ2n) is 6.41. The fourth-order valence-electron chi connectivity index (χ4n) is 2.63. The van der Waals surface area contributed by atoms with Gasteiger partial charge >= 0.3 is 0 Å². The quantitative estimate of drug-likeness (QED) is 0.554. The number of halogens is 2. The van der Waals surface area contributed by atoms with Crippen molar-refractivity contribution in [3.8, 4) is 11.5 Å². The van der Waals surface area contributed by atoms with Crippen molar-refractivity contribution >= 4 is 11.8 Å². The third-order valence-electron chi connectivity index (χ3n) is 4.28. The van der Waals surface area contributed by atoms with E-state index in [1.54, 1.807) is 24.3 Å². The van der Waals surface area contributed by atoms with E-state index in [1.807, 2.05) is 0 Å². The average Bonchev–Trinajstić information content (AvgIpc) is 2.74. The molecule has 0 bridgehead atoms. The van der Waals surface area contributed by atoms with Crippen molar-refractivity contribution in [2.24, 2.45) is 5.73 Å². The first-order valence-corrected chi connectivity index (χ1v) is 8.92. The third-order valence-corrected chi connectivity index (χ3v) is 4.28. The molecule has 30 heavy (non-hydrogen) atoms. The number of aliphatic hydroxyl groups excluding tert-OH is 1. The normalized spacial score (nSPS) is 11.6. The minimum atomic E-state index is -1.19. The summed E-state index contributed by atoms with van der Waals surface area (Å²) in [6.07, 6.45) is -1.19. The molecular weight excluding hydrogens is 394 g/mol. The van der Waals surface area contributed by atoms with E-state index in [-0.39, 0.29) is 12.1 Å². The standard InChI is InChI=1S/C22H18F2N2O4/c23-18-10-5-15(11-19(18)24)20(27)12-26-22(29)14-3-8-17(9-4-14)30-16-6-1-13(2-7-16)21(25)28/h1-11,20,27H,12H2,(H2,25,28)(H,26,29). The highest BCUT2D eigenvalue weighted by molar-refractivity contribution is 5.94. The first-order chi connectivity index (χ1) is 14.3. The Balaban J connectivity index is 1.56. The Bertz CT molecular complexity index is 1050. The van der Waals surface area contributed by atoms with Crippen molar-refractivity contribution in [2.75, 3.05) is 6.54 Å². The number of hydrogen-bond donors (Lipinski definition) is 3. The molecular formula is C22H18F2N2O4. The fraction of sp³-hybridized carbons (Fsp3) is 0.0909. The van der Waals surface area contributed by atoms with E-state index in [4.69, 9.17) is 10.5 Å². The molecule has 4 N–H and O–H groups in total. The molecule has 0 saturated carbocycles. The Kier molecular flexibility index (Phi) is 6.38. The van der Waals surface area contributed by atoms with Crippen molar-refractivity contribution in [1.29, 1.82) is 0 Å². The zero-order chi connectivity index (χ0) is 21.7. The minimum Gasteiger partial charge on any atom is -0.457 e. The van der Waals surface area contributed by atoms with E-state index in [1.165, 1.54) is 30.3 Å². The summed E-state index contributed by atoms with van der Waals surface area (Å²) in [5, 5.41) is 12.6. The lowest BCUT2D eigenvalue weighted by molar-refractivity contribution is 0.0915. The molecule has 3 aromatic rings. The van der Waals surface area contributed by atoms with Crippen LogP contribution in [0.5, 0.6) is 11.5 Å². The molecule has 3 aromatic carbocycles. The van der Waals surface area contributed by atoms with Gasteiger partial charge in [0.15, 0.2) is 11.6 Å². The lowest BCUT2D eigenvalue weighted by atomic mass is 10.1. The molecule has 0 saturated heterocycles. The molecule has 0 aromatic heterocycles. The highest BCUT2D eigenvalue weighted by Gasteiger charge is 2.13. The predicted octanol–water partition coefficient (Wildman–Crippen LogP) is 3.32. The summed E-state index contributed by atoms with van der Waals surface area (Å²) in [7, 11) is 0. The Hall–Kier alpha value is -3.78. The van der Waals surface area contributed by atoms with Crippen molar-refractivity contribution in [3.63, 3.8) is 0 Å². The number of benzene rings is 3. The molecule has 1 atom stereocenters. The molecule has 1 unspecified atom stereocenters. The molecule has 0 aliphatic rings. The molecule has 0 spiro atoms. The molecule has 0 heterocycles. The van der Waals surface area contributed by atoms with Gasteiger partial charge < -0.3 is 20.9 Å². The summed E-state index contributed by atoms with van der Waals surface area (Å²) in [6, 6.07) is 15.6. The van der Waals surface area contributed by atoms with Gasteiger partial charge in [-0.2, -0.15) is 0 Å². The number of hydrogen-bond acceptors (Lipinski definition) is 4. The van der Waals surface area contributed by atoms with Gasteiger partial charge in [-0.05, 0) is 66.2 Å². The molecule has 0 radical (unpaired) electrons. The van der Waals surface area contributed by atoms with Crippen LogP contribution in [0.4, 0.5) is 8.78 Å². The monoisotopic (exact) mass is 412 g/mol. The van der Waals surface area contributed by atoms with Crippen LogP contribution in [0, 0.1) is 11.6 Å². The van der Waals surface area contributed by atoms with Crippen molar-refractivity contribution in [3.05, 3.63) is 95.1 Å².